The maximum absolute atomic E-state index is 16.3. The van der Waals surface area contributed by atoms with E-state index < -0.39 is 65.2 Å². The summed E-state index contributed by atoms with van der Waals surface area (Å²) >= 11 is 0. The van der Waals surface area contributed by atoms with E-state index in [1.165, 1.54) is 18.2 Å². The third-order valence-corrected chi connectivity index (χ3v) is 17.0. The molecule has 0 saturated carbocycles. The van der Waals surface area contributed by atoms with Crippen LogP contribution in [-0.4, -0.2) is 104 Å². The fourth-order valence-corrected chi connectivity index (χ4v) is 12.5. The number of anilines is 2. The van der Waals surface area contributed by atoms with Crippen LogP contribution < -0.4 is 98.5 Å². The molecule has 0 N–H and O–H groups in total. The number of rotatable bonds is 22. The van der Waals surface area contributed by atoms with Crippen molar-refractivity contribution in [1.29, 1.82) is 0 Å². The molecule has 0 spiro atoms. The summed E-state index contributed by atoms with van der Waals surface area (Å²) in [7, 11) is -12.2. The van der Waals surface area contributed by atoms with E-state index in [0.717, 1.165) is 87.5 Å². The summed E-state index contributed by atoms with van der Waals surface area (Å²) < 4.78 is 115. The van der Waals surface area contributed by atoms with Gasteiger partial charge in [-0.05, 0) is 147 Å². The summed E-state index contributed by atoms with van der Waals surface area (Å²) in [6, 6.07) is 21.4. The van der Waals surface area contributed by atoms with Crippen LogP contribution in [0.5, 0.6) is 0 Å². The minimum atomic E-state index is -4.71. The Morgan fingerprint density at radius 3 is 2.15 bits per heavy atom. The third-order valence-electron chi connectivity index (χ3n) is 15.4. The molecule has 2 amide bonds. The van der Waals surface area contributed by atoms with Crippen molar-refractivity contribution < 1.29 is 155 Å². The molecule has 4 aromatic rings. The van der Waals surface area contributed by atoms with Crippen LogP contribution in [0.15, 0.2) is 119 Å². The van der Waals surface area contributed by atoms with E-state index in [1.807, 2.05) is 24.3 Å². The predicted octanol–water partition coefficient (Wildman–Crippen LogP) is 1.00. The van der Waals surface area contributed by atoms with E-state index in [1.54, 1.807) is 12.1 Å². The maximum Gasteiger partial charge on any atom is 1.00 e. The Morgan fingerprint density at radius 1 is 0.821 bits per heavy atom. The average Bonchev–Trinajstić information content (AvgIpc) is 4.03. The van der Waals surface area contributed by atoms with Gasteiger partial charge in [0.1, 0.15) is 22.5 Å². The number of imide groups is 1. The molecule has 17 nitrogen and oxygen atoms in total. The number of carbonyl (C=O) groups is 3. The van der Waals surface area contributed by atoms with Crippen LogP contribution in [0.25, 0.3) is 16.3 Å². The van der Waals surface area contributed by atoms with Crippen LogP contribution in [-0.2, 0) is 60.9 Å². The zero-order valence-electron chi connectivity index (χ0n) is 49.4. The molecule has 3 aliphatic heterocycles. The predicted molar refractivity (Wildman–Crippen MR) is 306 cm³/mol. The van der Waals surface area contributed by atoms with E-state index in [0.29, 0.717) is 74.2 Å². The summed E-state index contributed by atoms with van der Waals surface area (Å²) in [6.45, 7) is 17.2. The van der Waals surface area contributed by atoms with Gasteiger partial charge in [-0.1, -0.05) is 63.6 Å². The Labute approximate surface area is 561 Å². The van der Waals surface area contributed by atoms with Crippen LogP contribution in [0.1, 0.15) is 135 Å². The zero-order chi connectivity index (χ0) is 59.0. The molecule has 4 aromatic carbocycles. The van der Waals surface area contributed by atoms with E-state index >= 15 is 4.39 Å². The molecule has 3 heterocycles. The van der Waals surface area contributed by atoms with Gasteiger partial charge in [0.2, 0.25) is 5.69 Å². The van der Waals surface area contributed by atoms with Crippen LogP contribution in [0.2, 0.25) is 0 Å². The third kappa shape index (κ3) is 17.6. The van der Waals surface area contributed by atoms with Gasteiger partial charge in [0, 0.05) is 90.3 Å². The van der Waals surface area contributed by atoms with Gasteiger partial charge in [0.05, 0.1) is 20.4 Å². The molecule has 4 aliphatic rings. The molecule has 0 radical (unpaired) electrons. The quantitative estimate of drug-likeness (QED) is 0.0267. The number of unbranched alkanes of at least 4 members (excludes halogenated alkanes) is 3. The standard InChI is InChI=1S/C60H71FN4O10S2.3Na.O3S/c1-7-9-36-63-50-29-25-44(62(34-8-2)35-16-38-76(69,70)71)40-48(50)59(3,4)52(63)30-23-41-17-15-18-42(57(41)47-19-12-13-20-49(47)61)24-31-53-60(5,6)58-46-27-26-45(77(72,73)74)39-43(46)22-28-51(58)64(53)37-14-10-11-21-56(68)75-65-54(66)32-33-55(65)67;;;;1-4(2)3/h12-13,19-20,22-31,39-40H,2,7-11,14-18,21,32-38H2,1,3-6H3,(H,69,70,71)(H,72,73,74);;;;/q;3*+1;/p-2. The molecule has 0 atom stereocenters. The average molecular weight is 1240 g/mol. The van der Waals surface area contributed by atoms with Gasteiger partial charge >= 0.3 is 105 Å². The second-order valence-electron chi connectivity index (χ2n) is 21.6. The van der Waals surface area contributed by atoms with Gasteiger partial charge in [-0.25, -0.2) is 26.0 Å². The van der Waals surface area contributed by atoms with E-state index in [4.69, 9.17) is 17.5 Å². The van der Waals surface area contributed by atoms with Gasteiger partial charge in [-0.2, -0.15) is 11.0 Å². The van der Waals surface area contributed by atoms with Crippen LogP contribution >= 0.6 is 0 Å². The molecule has 1 saturated heterocycles. The molecule has 434 valence electrons. The van der Waals surface area contributed by atoms with Gasteiger partial charge in [0.25, 0.3) is 11.8 Å². The first-order valence-corrected chi connectivity index (χ1v) is 31.3. The molecule has 1 aliphatic carbocycles. The Morgan fingerprint density at radius 2 is 1.51 bits per heavy atom. The largest absolute Gasteiger partial charge is 1.00 e. The Balaban J connectivity index is 0.00000209. The van der Waals surface area contributed by atoms with E-state index in [2.05, 4.69) is 98.4 Å². The molecular weight excluding hydrogens is 1170 g/mol. The number of hydroxylamine groups is 2. The number of nitrogens with zero attached hydrogens (tertiary/aromatic N) is 4. The van der Waals surface area contributed by atoms with Crippen molar-refractivity contribution in [1.82, 2.24) is 5.06 Å². The smallest absolute Gasteiger partial charge is 0.748 e. The Kier molecular flexibility index (Phi) is 27.3. The molecule has 84 heavy (non-hydrogen) atoms. The van der Waals surface area contributed by atoms with Gasteiger partial charge in [-0.3, -0.25) is 9.59 Å². The van der Waals surface area contributed by atoms with Crippen molar-refractivity contribution >= 4 is 87.7 Å². The Hall–Kier alpha value is -3.65. The summed E-state index contributed by atoms with van der Waals surface area (Å²) in [5.74, 6) is -2.49. The van der Waals surface area contributed by atoms with E-state index in [-0.39, 0.29) is 125 Å². The van der Waals surface area contributed by atoms with Crippen molar-refractivity contribution in [3.63, 3.8) is 0 Å². The minimum absolute atomic E-state index is 0. The zero-order valence-corrected chi connectivity index (χ0v) is 57.8. The van der Waals surface area contributed by atoms with E-state index in [9.17, 15) is 40.3 Å². The second-order valence-corrected chi connectivity index (χ2v) is 24.9. The number of halogens is 1. The van der Waals surface area contributed by atoms with Crippen molar-refractivity contribution in [3.05, 3.63) is 143 Å². The van der Waals surface area contributed by atoms with Crippen LogP contribution in [0.3, 0.4) is 0 Å². The number of allylic oxidation sites excluding steroid dienone is 8. The number of benzene rings is 4. The molecular formula is C60H69FN4Na3O13S3+. The number of amides is 2. The number of hydrogen-bond acceptors (Lipinski definition) is 15. The second kappa shape index (κ2) is 31.5. The SMILES string of the molecule is O=S(=O)=O.[CH2-]CCN(CCCS(=O)(=O)[O-])c1ccc2c(c1)C(C)(C)C(=CC=C1CCCC(C=CC3=[N+](CCCCCC(=O)ON4C(=O)CCC4=O)c4ccc5cc(S(=O)(=O)[O-])ccc5c4C3(C)C)=C1c1ccccc1F)N2CCCC.[Na+].[Na+].[Na+]. The topological polar surface area (TPSA) is 239 Å². The molecule has 1 fully saturated rings. The first-order chi connectivity index (χ1) is 38.3. The monoisotopic (exact) mass is 1240 g/mol. The molecule has 24 heteroatoms. The first-order valence-electron chi connectivity index (χ1n) is 27.3. The first kappa shape index (κ1) is 72.8. The van der Waals surface area contributed by atoms with Gasteiger partial charge in [0.15, 0.2) is 5.71 Å². The number of carbonyl (C=O) groups excluding carboxylic acids is 3. The summed E-state index contributed by atoms with van der Waals surface area (Å²) in [5.41, 5.74) is 9.23. The van der Waals surface area contributed by atoms with Crippen molar-refractivity contribution in [2.75, 3.05) is 41.7 Å². The summed E-state index contributed by atoms with van der Waals surface area (Å²) in [4.78, 5) is 46.0. The Bertz CT molecular complexity index is 3620. The molecule has 8 rings (SSSR count). The molecule has 0 unspecified atom stereocenters. The van der Waals surface area contributed by atoms with Crippen LogP contribution in [0.4, 0.5) is 21.5 Å². The normalized spacial score (nSPS) is 17.2. The van der Waals surface area contributed by atoms with Crippen molar-refractivity contribution in [2.24, 2.45) is 0 Å². The fourth-order valence-electron chi connectivity index (χ4n) is 11.5. The fraction of sp³-hybridized carbons (Fsp3) is 0.417. The summed E-state index contributed by atoms with van der Waals surface area (Å²) in [5, 5.41) is 1.97. The molecule has 0 bridgehead atoms. The van der Waals surface area contributed by atoms with Gasteiger partial charge in [-0.15, -0.1) is 17.7 Å². The van der Waals surface area contributed by atoms with Crippen molar-refractivity contribution in [3.8, 4) is 0 Å². The van der Waals surface area contributed by atoms with Crippen molar-refractivity contribution in [2.45, 2.75) is 134 Å². The van der Waals surface area contributed by atoms with Gasteiger partial charge < -0.3 is 30.7 Å². The number of fused-ring (bicyclic) bond motifs is 4. The number of hydrogen-bond donors (Lipinski definition) is 0. The maximum atomic E-state index is 16.3. The minimum Gasteiger partial charge on any atom is -0.748 e. The summed E-state index contributed by atoms with van der Waals surface area (Å²) in [6.07, 6.45) is 15.3. The molecule has 0 aromatic heterocycles. The van der Waals surface area contributed by atoms with Crippen LogP contribution in [0, 0.1) is 12.7 Å².